The van der Waals surface area contributed by atoms with E-state index in [0.29, 0.717) is 13.1 Å². The van der Waals surface area contributed by atoms with Gasteiger partial charge in [0.05, 0.1) is 5.41 Å². The summed E-state index contributed by atoms with van der Waals surface area (Å²) in [5.74, 6) is -0.0505. The number of rotatable bonds is 4. The second kappa shape index (κ2) is 4.07. The SMILES string of the molecule is CC(C)(N)C(C)(C)C(=O)NCCN. The zero-order valence-electron chi connectivity index (χ0n) is 8.98. The van der Waals surface area contributed by atoms with Gasteiger partial charge in [-0.15, -0.1) is 0 Å². The minimum absolute atomic E-state index is 0.0505. The highest BCUT2D eigenvalue weighted by atomic mass is 16.2. The maximum Gasteiger partial charge on any atom is 0.227 e. The lowest BCUT2D eigenvalue weighted by atomic mass is 9.74. The molecule has 0 atom stereocenters. The lowest BCUT2D eigenvalue weighted by molar-refractivity contribution is -0.132. The van der Waals surface area contributed by atoms with E-state index in [1.807, 2.05) is 27.7 Å². The van der Waals surface area contributed by atoms with Crippen LogP contribution < -0.4 is 16.8 Å². The molecular formula is C9H21N3O. The van der Waals surface area contributed by atoms with Crippen LogP contribution in [0.1, 0.15) is 27.7 Å². The summed E-state index contributed by atoms with van der Waals surface area (Å²) in [5, 5.41) is 2.74. The molecule has 78 valence electrons. The predicted molar refractivity (Wildman–Crippen MR) is 54.1 cm³/mol. The zero-order valence-corrected chi connectivity index (χ0v) is 8.98. The summed E-state index contributed by atoms with van der Waals surface area (Å²) in [6.07, 6.45) is 0. The van der Waals surface area contributed by atoms with Gasteiger partial charge < -0.3 is 16.8 Å². The number of carbonyl (C=O) groups is 1. The van der Waals surface area contributed by atoms with Gasteiger partial charge in [-0.05, 0) is 27.7 Å². The molecule has 0 bridgehead atoms. The Balaban J connectivity index is 4.37. The summed E-state index contributed by atoms with van der Waals surface area (Å²) in [5.41, 5.74) is 10.1. The van der Waals surface area contributed by atoms with E-state index in [1.165, 1.54) is 0 Å². The van der Waals surface area contributed by atoms with Crippen molar-refractivity contribution in [3.63, 3.8) is 0 Å². The van der Waals surface area contributed by atoms with Gasteiger partial charge in [0.2, 0.25) is 5.91 Å². The van der Waals surface area contributed by atoms with Gasteiger partial charge in [-0.1, -0.05) is 0 Å². The van der Waals surface area contributed by atoms with Crippen molar-refractivity contribution >= 4 is 5.91 Å². The molecule has 0 fully saturated rings. The normalized spacial score (nSPS) is 12.8. The van der Waals surface area contributed by atoms with Crippen LogP contribution in [-0.2, 0) is 4.79 Å². The Kier molecular flexibility index (Phi) is 3.88. The van der Waals surface area contributed by atoms with Crippen LogP contribution in [0, 0.1) is 5.41 Å². The Morgan fingerprint density at radius 1 is 1.31 bits per heavy atom. The van der Waals surface area contributed by atoms with Crippen molar-refractivity contribution in [2.75, 3.05) is 13.1 Å². The molecule has 0 aromatic rings. The van der Waals surface area contributed by atoms with E-state index in [4.69, 9.17) is 11.5 Å². The van der Waals surface area contributed by atoms with Gasteiger partial charge in [-0.25, -0.2) is 0 Å². The molecule has 4 heteroatoms. The van der Waals surface area contributed by atoms with E-state index in [2.05, 4.69) is 5.32 Å². The van der Waals surface area contributed by atoms with Crippen molar-refractivity contribution in [1.82, 2.24) is 5.32 Å². The van der Waals surface area contributed by atoms with Crippen molar-refractivity contribution in [2.45, 2.75) is 33.2 Å². The third-order valence-corrected chi connectivity index (χ3v) is 2.61. The third kappa shape index (κ3) is 2.97. The van der Waals surface area contributed by atoms with Crippen molar-refractivity contribution in [2.24, 2.45) is 16.9 Å². The van der Waals surface area contributed by atoms with Gasteiger partial charge in [-0.3, -0.25) is 4.79 Å². The molecule has 0 saturated carbocycles. The fourth-order valence-electron chi connectivity index (χ4n) is 0.699. The molecule has 0 aromatic carbocycles. The van der Waals surface area contributed by atoms with Gasteiger partial charge in [0, 0.05) is 18.6 Å². The van der Waals surface area contributed by atoms with Crippen LogP contribution in [0.2, 0.25) is 0 Å². The molecule has 0 radical (unpaired) electrons. The van der Waals surface area contributed by atoms with Crippen molar-refractivity contribution in [3.05, 3.63) is 0 Å². The summed E-state index contributed by atoms with van der Waals surface area (Å²) in [4.78, 5) is 11.6. The number of nitrogens with one attached hydrogen (secondary N) is 1. The monoisotopic (exact) mass is 187 g/mol. The molecule has 1 amide bonds. The lowest BCUT2D eigenvalue weighted by Gasteiger charge is -2.36. The highest BCUT2D eigenvalue weighted by Crippen LogP contribution is 2.27. The fraction of sp³-hybridized carbons (Fsp3) is 0.889. The Morgan fingerprint density at radius 2 is 1.77 bits per heavy atom. The smallest absolute Gasteiger partial charge is 0.227 e. The molecule has 13 heavy (non-hydrogen) atoms. The average Bonchev–Trinajstić information content (AvgIpc) is 1.97. The highest BCUT2D eigenvalue weighted by Gasteiger charge is 2.39. The molecule has 0 aliphatic rings. The number of nitrogens with two attached hydrogens (primary N) is 2. The maximum absolute atomic E-state index is 11.6. The van der Waals surface area contributed by atoms with E-state index >= 15 is 0 Å². The van der Waals surface area contributed by atoms with Crippen LogP contribution in [-0.4, -0.2) is 24.5 Å². The lowest BCUT2D eigenvalue weighted by Crippen LogP contribution is -2.56. The molecule has 0 rings (SSSR count). The van der Waals surface area contributed by atoms with Gasteiger partial charge >= 0.3 is 0 Å². The standard InChI is InChI=1S/C9H21N3O/c1-8(2,9(3,4)11)7(13)12-6-5-10/h5-6,10-11H2,1-4H3,(H,12,13). The van der Waals surface area contributed by atoms with Gasteiger partial charge in [0.25, 0.3) is 0 Å². The number of carbonyl (C=O) groups excluding carboxylic acids is 1. The average molecular weight is 187 g/mol. The first-order chi connectivity index (χ1) is 5.73. The molecule has 0 aliphatic heterocycles. The van der Waals surface area contributed by atoms with Crippen molar-refractivity contribution < 1.29 is 4.79 Å². The summed E-state index contributed by atoms with van der Waals surface area (Å²) in [6.45, 7) is 8.30. The van der Waals surface area contributed by atoms with Crippen LogP contribution >= 0.6 is 0 Å². The molecule has 5 N–H and O–H groups in total. The first-order valence-electron chi connectivity index (χ1n) is 4.50. The molecule has 0 heterocycles. The van der Waals surface area contributed by atoms with E-state index in [9.17, 15) is 4.79 Å². The Labute approximate surface area is 80.0 Å². The van der Waals surface area contributed by atoms with Gasteiger partial charge in [0.15, 0.2) is 0 Å². The first-order valence-corrected chi connectivity index (χ1v) is 4.50. The quantitative estimate of drug-likeness (QED) is 0.571. The number of hydrogen-bond acceptors (Lipinski definition) is 3. The fourth-order valence-corrected chi connectivity index (χ4v) is 0.699. The Bertz CT molecular complexity index is 182. The van der Waals surface area contributed by atoms with Crippen LogP contribution in [0.3, 0.4) is 0 Å². The number of hydrogen-bond donors (Lipinski definition) is 3. The summed E-state index contributed by atoms with van der Waals surface area (Å²) in [6, 6.07) is 0. The first kappa shape index (κ1) is 12.4. The van der Waals surface area contributed by atoms with Crippen molar-refractivity contribution in [3.8, 4) is 0 Å². The van der Waals surface area contributed by atoms with E-state index in [-0.39, 0.29) is 5.91 Å². The van der Waals surface area contributed by atoms with Crippen LogP contribution in [0.5, 0.6) is 0 Å². The van der Waals surface area contributed by atoms with Gasteiger partial charge in [0.1, 0.15) is 0 Å². The zero-order chi connectivity index (χ0) is 10.7. The van der Waals surface area contributed by atoms with Gasteiger partial charge in [-0.2, -0.15) is 0 Å². The number of amides is 1. The van der Waals surface area contributed by atoms with E-state index < -0.39 is 11.0 Å². The van der Waals surface area contributed by atoms with Crippen LogP contribution in [0.4, 0.5) is 0 Å². The minimum Gasteiger partial charge on any atom is -0.354 e. The molecule has 4 nitrogen and oxygen atoms in total. The largest absolute Gasteiger partial charge is 0.354 e. The van der Waals surface area contributed by atoms with E-state index in [1.54, 1.807) is 0 Å². The Morgan fingerprint density at radius 3 is 2.08 bits per heavy atom. The molecule has 0 aliphatic carbocycles. The summed E-state index contributed by atoms with van der Waals surface area (Å²) >= 11 is 0. The minimum atomic E-state index is -0.581. The van der Waals surface area contributed by atoms with Crippen LogP contribution in [0.15, 0.2) is 0 Å². The molecule has 0 spiro atoms. The van der Waals surface area contributed by atoms with Crippen LogP contribution in [0.25, 0.3) is 0 Å². The second-order valence-corrected chi connectivity index (χ2v) is 4.39. The molecule has 0 unspecified atom stereocenters. The maximum atomic E-state index is 11.6. The van der Waals surface area contributed by atoms with E-state index in [0.717, 1.165) is 0 Å². The molecule has 0 saturated heterocycles. The third-order valence-electron chi connectivity index (χ3n) is 2.61. The topological polar surface area (TPSA) is 81.1 Å². The molecule has 0 aromatic heterocycles. The predicted octanol–water partition coefficient (Wildman–Crippen LogP) is -0.175. The molecular weight excluding hydrogens is 166 g/mol. The summed E-state index contributed by atoms with van der Waals surface area (Å²) < 4.78 is 0. The van der Waals surface area contributed by atoms with Crippen molar-refractivity contribution in [1.29, 1.82) is 0 Å². The highest BCUT2D eigenvalue weighted by molar-refractivity contribution is 5.83. The Hall–Kier alpha value is -0.610. The second-order valence-electron chi connectivity index (χ2n) is 4.39. The summed E-state index contributed by atoms with van der Waals surface area (Å²) in [7, 11) is 0.